The van der Waals surface area contributed by atoms with Crippen LogP contribution in [0.2, 0.25) is 0 Å². The molecule has 3 heteroatoms. The van der Waals surface area contributed by atoms with Crippen molar-refractivity contribution in [1.29, 1.82) is 0 Å². The van der Waals surface area contributed by atoms with Gasteiger partial charge in [0.25, 0.3) is 0 Å². The van der Waals surface area contributed by atoms with Gasteiger partial charge in [-0.15, -0.1) is 0 Å². The highest BCUT2D eigenvalue weighted by Crippen LogP contribution is 2.18. The molecule has 0 radical (unpaired) electrons. The van der Waals surface area contributed by atoms with E-state index < -0.39 is 0 Å². The Morgan fingerprint density at radius 3 is 2.50 bits per heavy atom. The molecule has 0 amide bonds. The Balaban J connectivity index is 3.06. The summed E-state index contributed by atoms with van der Waals surface area (Å²) in [6, 6.07) is 3.59. The molecule has 0 spiro atoms. The van der Waals surface area contributed by atoms with Gasteiger partial charge in [-0.1, -0.05) is 0 Å². The summed E-state index contributed by atoms with van der Waals surface area (Å²) in [5.74, 6) is 0.0577. The maximum absolute atomic E-state index is 11.5. The van der Waals surface area contributed by atoms with Gasteiger partial charge in [-0.3, -0.25) is 4.79 Å². The highest BCUT2D eigenvalue weighted by atomic mass is 16.1. The number of hydrogen-bond acceptors (Lipinski definition) is 3. The van der Waals surface area contributed by atoms with Gasteiger partial charge >= 0.3 is 0 Å². The third-order valence-electron chi connectivity index (χ3n) is 2.40. The van der Waals surface area contributed by atoms with Crippen molar-refractivity contribution in [3.8, 4) is 0 Å². The highest BCUT2D eigenvalue weighted by Gasteiger charge is 2.08. The van der Waals surface area contributed by atoms with E-state index in [-0.39, 0.29) is 5.78 Å². The van der Waals surface area contributed by atoms with Crippen LogP contribution in [-0.4, -0.2) is 12.3 Å². The molecule has 0 atom stereocenters. The summed E-state index contributed by atoms with van der Waals surface area (Å²) in [6.45, 7) is 4.28. The lowest BCUT2D eigenvalue weighted by molar-refractivity contribution is 0.0985. The van der Waals surface area contributed by atoms with Gasteiger partial charge in [-0.25, -0.2) is 0 Å². The lowest BCUT2D eigenvalue weighted by Crippen LogP contribution is -2.09. The van der Waals surface area contributed by atoms with Crippen LogP contribution in [-0.2, 0) is 0 Å². The van der Waals surface area contributed by atoms with Crippen LogP contribution in [0, 0.1) is 13.8 Å². The third kappa shape index (κ3) is 2.12. The summed E-state index contributed by atoms with van der Waals surface area (Å²) in [4.78, 5) is 11.5. The molecule has 0 heterocycles. The van der Waals surface area contributed by atoms with Crippen LogP contribution in [0.5, 0.6) is 0 Å². The summed E-state index contributed by atoms with van der Waals surface area (Å²) >= 11 is 0. The van der Waals surface area contributed by atoms with E-state index in [2.05, 4.69) is 0 Å². The van der Waals surface area contributed by atoms with Crippen LogP contribution in [0.15, 0.2) is 12.1 Å². The number of aryl methyl sites for hydroxylation is 1. The molecule has 4 N–H and O–H groups in total. The summed E-state index contributed by atoms with van der Waals surface area (Å²) in [6.07, 6.45) is 0.377. The molecule has 0 saturated carbocycles. The average Bonchev–Trinajstić information content (AvgIpc) is 2.13. The first-order valence-electron chi connectivity index (χ1n) is 4.66. The second kappa shape index (κ2) is 4.24. The molecule has 0 aliphatic carbocycles. The summed E-state index contributed by atoms with van der Waals surface area (Å²) in [7, 11) is 0. The van der Waals surface area contributed by atoms with Gasteiger partial charge in [0.2, 0.25) is 0 Å². The molecule has 3 nitrogen and oxygen atoms in total. The van der Waals surface area contributed by atoms with Gasteiger partial charge in [-0.05, 0) is 43.7 Å². The van der Waals surface area contributed by atoms with E-state index in [4.69, 9.17) is 11.5 Å². The zero-order valence-electron chi connectivity index (χ0n) is 8.63. The quantitative estimate of drug-likeness (QED) is 0.562. The van der Waals surface area contributed by atoms with Crippen LogP contribution < -0.4 is 11.5 Å². The van der Waals surface area contributed by atoms with Gasteiger partial charge in [0.05, 0.1) is 0 Å². The highest BCUT2D eigenvalue weighted by molar-refractivity contribution is 5.97. The maximum atomic E-state index is 11.5. The molecule has 0 fully saturated rings. The molecule has 1 aromatic carbocycles. The Labute approximate surface area is 84.1 Å². The third-order valence-corrected chi connectivity index (χ3v) is 2.40. The number of benzene rings is 1. The number of nitrogen functional groups attached to an aromatic ring is 1. The lowest BCUT2D eigenvalue weighted by atomic mass is 10.0. The molecular formula is C11H16N2O. The number of hydrogen-bond donors (Lipinski definition) is 2. The predicted octanol–water partition coefficient (Wildman–Crippen LogP) is 1.42. The van der Waals surface area contributed by atoms with Crippen molar-refractivity contribution in [2.24, 2.45) is 5.73 Å². The molecule has 0 bridgehead atoms. The van der Waals surface area contributed by atoms with Crippen molar-refractivity contribution in [2.45, 2.75) is 20.3 Å². The van der Waals surface area contributed by atoms with Gasteiger partial charge < -0.3 is 11.5 Å². The first-order valence-corrected chi connectivity index (χ1v) is 4.66. The van der Waals surface area contributed by atoms with Crippen LogP contribution in [0.1, 0.15) is 27.9 Å². The van der Waals surface area contributed by atoms with E-state index in [9.17, 15) is 4.79 Å². The second-order valence-corrected chi connectivity index (χ2v) is 3.47. The minimum atomic E-state index is 0.0577. The topological polar surface area (TPSA) is 69.1 Å². The monoisotopic (exact) mass is 192 g/mol. The average molecular weight is 192 g/mol. The largest absolute Gasteiger partial charge is 0.398 e. The number of carbonyl (C=O) groups excluding carboxylic acids is 1. The molecular weight excluding hydrogens is 176 g/mol. The van der Waals surface area contributed by atoms with Gasteiger partial charge in [0.1, 0.15) is 0 Å². The zero-order valence-corrected chi connectivity index (χ0v) is 8.63. The van der Waals surface area contributed by atoms with E-state index in [0.717, 1.165) is 11.1 Å². The van der Waals surface area contributed by atoms with Crippen molar-refractivity contribution >= 4 is 11.5 Å². The molecule has 0 aliphatic heterocycles. The molecule has 1 aromatic rings. The van der Waals surface area contributed by atoms with E-state index in [0.29, 0.717) is 24.2 Å². The maximum Gasteiger partial charge on any atom is 0.164 e. The Kier molecular flexibility index (Phi) is 3.25. The van der Waals surface area contributed by atoms with Gasteiger partial charge in [0.15, 0.2) is 5.78 Å². The van der Waals surface area contributed by atoms with Gasteiger partial charge in [0, 0.05) is 17.7 Å². The number of anilines is 1. The normalized spacial score (nSPS) is 10.2. The number of Topliss-reactive ketones (excluding diaryl/α,β-unsaturated/α-hetero) is 1. The van der Waals surface area contributed by atoms with Crippen molar-refractivity contribution in [1.82, 2.24) is 0 Å². The Morgan fingerprint density at radius 2 is 2.00 bits per heavy atom. The fourth-order valence-electron chi connectivity index (χ4n) is 1.32. The Hall–Kier alpha value is -1.35. The molecule has 76 valence electrons. The van der Waals surface area contributed by atoms with E-state index in [1.54, 1.807) is 6.07 Å². The smallest absolute Gasteiger partial charge is 0.164 e. The molecule has 0 aromatic heterocycles. The lowest BCUT2D eigenvalue weighted by Gasteiger charge is -2.07. The predicted molar refractivity (Wildman–Crippen MR) is 58.3 cm³/mol. The summed E-state index contributed by atoms with van der Waals surface area (Å²) in [5, 5.41) is 0. The van der Waals surface area contributed by atoms with Crippen molar-refractivity contribution < 1.29 is 4.79 Å². The summed E-state index contributed by atoms with van der Waals surface area (Å²) in [5.41, 5.74) is 14.5. The molecule has 0 saturated heterocycles. The number of carbonyl (C=O) groups is 1. The number of ketones is 1. The Bertz CT molecular complexity index is 335. The SMILES string of the molecule is Cc1cc(C(=O)CCN)cc(N)c1C. The minimum absolute atomic E-state index is 0.0577. The fourth-order valence-corrected chi connectivity index (χ4v) is 1.32. The van der Waals surface area contributed by atoms with Crippen molar-refractivity contribution in [3.63, 3.8) is 0 Å². The zero-order chi connectivity index (χ0) is 10.7. The standard InChI is InChI=1S/C11H16N2O/c1-7-5-9(11(14)3-4-12)6-10(13)8(7)2/h5-6H,3-4,12-13H2,1-2H3. The van der Waals surface area contributed by atoms with Crippen LogP contribution in [0.4, 0.5) is 5.69 Å². The van der Waals surface area contributed by atoms with E-state index in [1.165, 1.54) is 0 Å². The van der Waals surface area contributed by atoms with Crippen LogP contribution in [0.3, 0.4) is 0 Å². The van der Waals surface area contributed by atoms with E-state index in [1.807, 2.05) is 19.9 Å². The molecule has 14 heavy (non-hydrogen) atoms. The first kappa shape index (κ1) is 10.7. The number of rotatable bonds is 3. The molecule has 0 unspecified atom stereocenters. The number of nitrogens with two attached hydrogens (primary N) is 2. The summed E-state index contributed by atoms with van der Waals surface area (Å²) < 4.78 is 0. The van der Waals surface area contributed by atoms with Crippen molar-refractivity contribution in [2.75, 3.05) is 12.3 Å². The molecule has 0 aliphatic rings. The van der Waals surface area contributed by atoms with Crippen LogP contribution in [0.25, 0.3) is 0 Å². The Morgan fingerprint density at radius 1 is 1.36 bits per heavy atom. The van der Waals surface area contributed by atoms with Crippen LogP contribution >= 0.6 is 0 Å². The second-order valence-electron chi connectivity index (χ2n) is 3.47. The van der Waals surface area contributed by atoms with Crippen molar-refractivity contribution in [3.05, 3.63) is 28.8 Å². The first-order chi connectivity index (χ1) is 6.56. The van der Waals surface area contributed by atoms with Gasteiger partial charge in [-0.2, -0.15) is 0 Å². The fraction of sp³-hybridized carbons (Fsp3) is 0.364. The minimum Gasteiger partial charge on any atom is -0.398 e. The molecule has 1 rings (SSSR count). The van der Waals surface area contributed by atoms with E-state index >= 15 is 0 Å².